The van der Waals surface area contributed by atoms with Crippen LogP contribution in [0.2, 0.25) is 5.02 Å². The van der Waals surface area contributed by atoms with Crippen molar-refractivity contribution in [1.29, 1.82) is 0 Å². The molecule has 0 fully saturated rings. The molecule has 0 saturated heterocycles. The molecule has 84 valence electrons. The Morgan fingerprint density at radius 3 is 2.56 bits per heavy atom. The molecule has 0 spiro atoms. The molecule has 1 aromatic carbocycles. The van der Waals surface area contributed by atoms with Crippen molar-refractivity contribution >= 4 is 22.5 Å². The molecule has 2 rings (SSSR count). The lowest BCUT2D eigenvalue weighted by atomic mass is 9.99. The van der Waals surface area contributed by atoms with Crippen LogP contribution in [-0.4, -0.2) is 4.98 Å². The van der Waals surface area contributed by atoms with Crippen LogP contribution >= 0.6 is 11.6 Å². The molecule has 0 atom stereocenters. The average Bonchev–Trinajstić information content (AvgIpc) is 2.28. The average molecular weight is 234 g/mol. The highest BCUT2D eigenvalue weighted by atomic mass is 35.5. The van der Waals surface area contributed by atoms with Gasteiger partial charge in [0, 0.05) is 16.1 Å². The van der Waals surface area contributed by atoms with E-state index in [0.717, 1.165) is 23.4 Å². The van der Waals surface area contributed by atoms with Crippen molar-refractivity contribution in [3.05, 3.63) is 40.0 Å². The van der Waals surface area contributed by atoms with Gasteiger partial charge in [-0.2, -0.15) is 0 Å². The van der Waals surface area contributed by atoms with Crippen molar-refractivity contribution in [3.63, 3.8) is 0 Å². The summed E-state index contributed by atoms with van der Waals surface area (Å²) in [6, 6.07) is 5.95. The number of nitrogens with zero attached hydrogens (tertiary/aromatic N) is 1. The second-order valence-electron chi connectivity index (χ2n) is 4.03. The summed E-state index contributed by atoms with van der Waals surface area (Å²) in [4.78, 5) is 4.70. The minimum absolute atomic E-state index is 0.755. The predicted molar refractivity (Wildman–Crippen MR) is 70.2 cm³/mol. The van der Waals surface area contributed by atoms with E-state index in [1.54, 1.807) is 0 Å². The highest BCUT2D eigenvalue weighted by Crippen LogP contribution is 2.25. The normalized spacial score (nSPS) is 11.0. The molecular weight excluding hydrogens is 218 g/mol. The van der Waals surface area contributed by atoms with E-state index >= 15 is 0 Å². The van der Waals surface area contributed by atoms with Gasteiger partial charge in [-0.3, -0.25) is 4.98 Å². The van der Waals surface area contributed by atoms with Crippen LogP contribution in [0, 0.1) is 6.92 Å². The molecule has 0 bridgehead atoms. The zero-order valence-electron chi connectivity index (χ0n) is 9.97. The summed E-state index contributed by atoms with van der Waals surface area (Å²) in [5, 5.41) is 1.98. The largest absolute Gasteiger partial charge is 0.252 e. The summed E-state index contributed by atoms with van der Waals surface area (Å²) in [5.41, 5.74) is 4.95. The van der Waals surface area contributed by atoms with Gasteiger partial charge in [0.1, 0.15) is 0 Å². The molecule has 16 heavy (non-hydrogen) atoms. The molecule has 0 radical (unpaired) electrons. The standard InChI is InChI=1S/C14H16ClN/c1-4-11-9(3)12-7-6-10(15)8-14(12)16-13(11)5-2/h6-8H,4-5H2,1-3H3. The first-order valence-corrected chi connectivity index (χ1v) is 6.12. The van der Waals surface area contributed by atoms with E-state index in [4.69, 9.17) is 16.6 Å². The van der Waals surface area contributed by atoms with Crippen LogP contribution in [0.5, 0.6) is 0 Å². The monoisotopic (exact) mass is 233 g/mol. The number of aromatic nitrogens is 1. The van der Waals surface area contributed by atoms with Crippen LogP contribution in [0.1, 0.15) is 30.7 Å². The summed E-state index contributed by atoms with van der Waals surface area (Å²) in [6.07, 6.45) is 2.02. The molecule has 0 aliphatic rings. The van der Waals surface area contributed by atoms with Gasteiger partial charge in [0.2, 0.25) is 0 Å². The fraction of sp³-hybridized carbons (Fsp3) is 0.357. The minimum Gasteiger partial charge on any atom is -0.252 e. The van der Waals surface area contributed by atoms with Crippen molar-refractivity contribution < 1.29 is 0 Å². The summed E-state index contributed by atoms with van der Waals surface area (Å²) >= 11 is 6.00. The van der Waals surface area contributed by atoms with Crippen molar-refractivity contribution in [2.24, 2.45) is 0 Å². The van der Waals surface area contributed by atoms with Crippen LogP contribution in [0.25, 0.3) is 10.9 Å². The first-order chi connectivity index (χ1) is 7.67. The maximum atomic E-state index is 6.00. The lowest BCUT2D eigenvalue weighted by molar-refractivity contribution is 0.968. The lowest BCUT2D eigenvalue weighted by Gasteiger charge is -2.12. The van der Waals surface area contributed by atoms with E-state index in [1.165, 1.54) is 22.2 Å². The molecule has 0 aliphatic carbocycles. The highest BCUT2D eigenvalue weighted by molar-refractivity contribution is 6.31. The van der Waals surface area contributed by atoms with Crippen LogP contribution in [0.4, 0.5) is 0 Å². The van der Waals surface area contributed by atoms with Crippen molar-refractivity contribution in [2.45, 2.75) is 33.6 Å². The van der Waals surface area contributed by atoms with Crippen LogP contribution in [0.15, 0.2) is 18.2 Å². The lowest BCUT2D eigenvalue weighted by Crippen LogP contribution is -2.00. The van der Waals surface area contributed by atoms with E-state index < -0.39 is 0 Å². The second kappa shape index (κ2) is 4.42. The third-order valence-corrected chi connectivity index (χ3v) is 3.34. The van der Waals surface area contributed by atoms with Crippen LogP contribution in [-0.2, 0) is 12.8 Å². The fourth-order valence-electron chi connectivity index (χ4n) is 2.27. The SMILES string of the molecule is CCc1nc2cc(Cl)ccc2c(C)c1CC. The van der Waals surface area contributed by atoms with Gasteiger partial charge in [0.15, 0.2) is 0 Å². The number of halogens is 1. The Balaban J connectivity index is 2.82. The number of hydrogen-bond donors (Lipinski definition) is 0. The van der Waals surface area contributed by atoms with Crippen LogP contribution < -0.4 is 0 Å². The van der Waals surface area contributed by atoms with Gasteiger partial charge < -0.3 is 0 Å². The smallest absolute Gasteiger partial charge is 0.0722 e. The Morgan fingerprint density at radius 2 is 1.94 bits per heavy atom. The van der Waals surface area contributed by atoms with E-state index in [2.05, 4.69) is 26.8 Å². The molecule has 0 N–H and O–H groups in total. The zero-order valence-corrected chi connectivity index (χ0v) is 10.7. The maximum Gasteiger partial charge on any atom is 0.0722 e. The number of hydrogen-bond acceptors (Lipinski definition) is 1. The number of benzene rings is 1. The van der Waals surface area contributed by atoms with Gasteiger partial charge >= 0.3 is 0 Å². The summed E-state index contributed by atoms with van der Waals surface area (Å²) in [7, 11) is 0. The van der Waals surface area contributed by atoms with Gasteiger partial charge in [0.25, 0.3) is 0 Å². The van der Waals surface area contributed by atoms with Crippen molar-refractivity contribution in [3.8, 4) is 0 Å². The van der Waals surface area contributed by atoms with E-state index in [9.17, 15) is 0 Å². The number of fused-ring (bicyclic) bond motifs is 1. The van der Waals surface area contributed by atoms with Crippen molar-refractivity contribution in [1.82, 2.24) is 4.98 Å². The quantitative estimate of drug-likeness (QED) is 0.753. The third kappa shape index (κ3) is 1.80. The molecule has 0 aliphatic heterocycles. The molecule has 2 heteroatoms. The van der Waals surface area contributed by atoms with Crippen LogP contribution in [0.3, 0.4) is 0 Å². The Labute approximate surface area is 101 Å². The number of aryl methyl sites for hydroxylation is 2. The Hall–Kier alpha value is -1.08. The highest BCUT2D eigenvalue weighted by Gasteiger charge is 2.09. The molecule has 0 unspecified atom stereocenters. The van der Waals surface area contributed by atoms with Gasteiger partial charge in [-0.1, -0.05) is 31.5 Å². The van der Waals surface area contributed by atoms with E-state index in [1.807, 2.05) is 12.1 Å². The number of rotatable bonds is 2. The second-order valence-corrected chi connectivity index (χ2v) is 4.47. The zero-order chi connectivity index (χ0) is 11.7. The molecule has 1 heterocycles. The van der Waals surface area contributed by atoms with Gasteiger partial charge in [0.05, 0.1) is 5.52 Å². The number of pyridine rings is 1. The Morgan fingerprint density at radius 1 is 1.19 bits per heavy atom. The molecule has 2 aromatic rings. The first kappa shape index (κ1) is 11.4. The van der Waals surface area contributed by atoms with Crippen molar-refractivity contribution in [2.75, 3.05) is 0 Å². The summed E-state index contributed by atoms with van der Waals surface area (Å²) < 4.78 is 0. The summed E-state index contributed by atoms with van der Waals surface area (Å²) in [5.74, 6) is 0. The molecule has 1 aromatic heterocycles. The Kier molecular flexibility index (Phi) is 3.15. The molecule has 0 amide bonds. The van der Waals surface area contributed by atoms with Gasteiger partial charge in [-0.15, -0.1) is 0 Å². The topological polar surface area (TPSA) is 12.9 Å². The molecular formula is C14H16ClN. The van der Waals surface area contributed by atoms with E-state index in [0.29, 0.717) is 0 Å². The third-order valence-electron chi connectivity index (χ3n) is 3.11. The summed E-state index contributed by atoms with van der Waals surface area (Å²) in [6.45, 7) is 6.51. The first-order valence-electron chi connectivity index (χ1n) is 5.75. The predicted octanol–water partition coefficient (Wildman–Crippen LogP) is 4.32. The van der Waals surface area contributed by atoms with E-state index in [-0.39, 0.29) is 0 Å². The van der Waals surface area contributed by atoms with Gasteiger partial charge in [-0.25, -0.2) is 0 Å². The maximum absolute atomic E-state index is 6.00. The fourth-order valence-corrected chi connectivity index (χ4v) is 2.43. The Bertz CT molecular complexity index is 532. The minimum atomic E-state index is 0.755. The molecule has 1 nitrogen and oxygen atoms in total. The van der Waals surface area contributed by atoms with Gasteiger partial charge in [-0.05, 0) is 43.0 Å². The molecule has 0 saturated carbocycles.